The molecule has 1 rings (SSSR count). The highest BCUT2D eigenvalue weighted by Gasteiger charge is 2.04. The summed E-state index contributed by atoms with van der Waals surface area (Å²) >= 11 is 3.43. The third-order valence-corrected chi connectivity index (χ3v) is 3.23. The second kappa shape index (κ2) is 6.95. The van der Waals surface area contributed by atoms with Crippen LogP contribution < -0.4 is 4.74 Å². The van der Waals surface area contributed by atoms with E-state index < -0.39 is 0 Å². The quantitative estimate of drug-likeness (QED) is 0.545. The van der Waals surface area contributed by atoms with Gasteiger partial charge in [-0.1, -0.05) is 41.9 Å². The van der Waals surface area contributed by atoms with Crippen molar-refractivity contribution in [1.82, 2.24) is 0 Å². The van der Waals surface area contributed by atoms with Crippen molar-refractivity contribution < 1.29 is 4.74 Å². The van der Waals surface area contributed by atoms with Crippen molar-refractivity contribution in [1.29, 1.82) is 0 Å². The van der Waals surface area contributed by atoms with E-state index in [4.69, 9.17) is 4.74 Å². The van der Waals surface area contributed by atoms with Gasteiger partial charge < -0.3 is 4.74 Å². The monoisotopic (exact) mass is 284 g/mol. The van der Waals surface area contributed by atoms with Crippen molar-refractivity contribution in [3.8, 4) is 5.75 Å². The van der Waals surface area contributed by atoms with Gasteiger partial charge in [0.1, 0.15) is 5.75 Å². The summed E-state index contributed by atoms with van der Waals surface area (Å²) in [5.41, 5.74) is 2.57. The maximum atomic E-state index is 5.81. The van der Waals surface area contributed by atoms with Gasteiger partial charge in [0, 0.05) is 5.33 Å². The smallest absolute Gasteiger partial charge is 0.122 e. The second-order valence-corrected chi connectivity index (χ2v) is 5.22. The van der Waals surface area contributed by atoms with E-state index in [9.17, 15) is 0 Å². The summed E-state index contributed by atoms with van der Waals surface area (Å²) in [6.07, 6.45) is 2.28. The van der Waals surface area contributed by atoms with Crippen LogP contribution in [0.25, 0.3) is 0 Å². The van der Waals surface area contributed by atoms with E-state index in [1.807, 2.05) is 0 Å². The first-order chi connectivity index (χ1) is 7.65. The van der Waals surface area contributed by atoms with E-state index in [1.165, 1.54) is 17.5 Å². The average Bonchev–Trinajstić information content (AvgIpc) is 2.26. The lowest BCUT2D eigenvalue weighted by Crippen LogP contribution is -2.00. The Labute approximate surface area is 107 Å². The van der Waals surface area contributed by atoms with Gasteiger partial charge in [0.05, 0.1) is 6.61 Å². The minimum absolute atomic E-state index is 0.561. The normalized spacial score (nSPS) is 10.8. The van der Waals surface area contributed by atoms with Crippen LogP contribution in [0.2, 0.25) is 0 Å². The Kier molecular flexibility index (Phi) is 5.89. The van der Waals surface area contributed by atoms with E-state index in [0.29, 0.717) is 5.92 Å². The topological polar surface area (TPSA) is 9.23 Å². The fraction of sp³-hybridized carbons (Fsp3) is 0.571. The van der Waals surface area contributed by atoms with Gasteiger partial charge in [-0.3, -0.25) is 0 Å². The van der Waals surface area contributed by atoms with Gasteiger partial charge in [0.15, 0.2) is 0 Å². The third-order valence-electron chi connectivity index (χ3n) is 2.66. The molecule has 0 aliphatic rings. The van der Waals surface area contributed by atoms with Crippen molar-refractivity contribution in [3.63, 3.8) is 0 Å². The predicted octanol–water partition coefficient (Wildman–Crippen LogP) is 4.67. The molecule has 0 bridgehead atoms. The first-order valence-electron chi connectivity index (χ1n) is 5.94. The lowest BCUT2D eigenvalue weighted by molar-refractivity contribution is 0.307. The number of ether oxygens (including phenoxy) is 1. The summed E-state index contributed by atoms with van der Waals surface area (Å²) in [5, 5.41) is 1.06. The molecule has 0 N–H and O–H groups in total. The summed E-state index contributed by atoms with van der Waals surface area (Å²) in [7, 11) is 0. The van der Waals surface area contributed by atoms with Crippen molar-refractivity contribution >= 4 is 15.9 Å². The average molecular weight is 285 g/mol. The second-order valence-electron chi connectivity index (χ2n) is 4.42. The van der Waals surface area contributed by atoms with Crippen LogP contribution in [0.5, 0.6) is 5.75 Å². The van der Waals surface area contributed by atoms with Crippen LogP contribution in [0.3, 0.4) is 0 Å². The maximum Gasteiger partial charge on any atom is 0.122 e. The van der Waals surface area contributed by atoms with Crippen LogP contribution in [0.4, 0.5) is 0 Å². The van der Waals surface area contributed by atoms with Gasteiger partial charge in [-0.15, -0.1) is 0 Å². The van der Waals surface area contributed by atoms with Crippen LogP contribution in [-0.4, -0.2) is 11.9 Å². The molecule has 0 heterocycles. The molecule has 0 atom stereocenters. The van der Waals surface area contributed by atoms with Crippen LogP contribution in [-0.2, 0) is 0 Å². The van der Waals surface area contributed by atoms with E-state index in [1.54, 1.807) is 0 Å². The number of halogens is 1. The van der Waals surface area contributed by atoms with Gasteiger partial charge in [0.2, 0.25) is 0 Å². The molecule has 0 saturated heterocycles. The lowest BCUT2D eigenvalue weighted by atomic mass is 10.0. The zero-order valence-electron chi connectivity index (χ0n) is 10.4. The molecule has 0 spiro atoms. The van der Waals surface area contributed by atoms with Crippen molar-refractivity contribution in [2.24, 2.45) is 0 Å². The molecule has 2 heteroatoms. The number of unbranched alkanes of at least 4 members (excludes halogenated alkanes) is 1. The minimum atomic E-state index is 0.561. The number of hydrogen-bond donors (Lipinski definition) is 0. The molecule has 0 unspecified atom stereocenters. The zero-order valence-corrected chi connectivity index (χ0v) is 12.0. The molecular weight excluding hydrogens is 264 g/mol. The molecule has 0 aliphatic heterocycles. The molecule has 0 radical (unpaired) electrons. The van der Waals surface area contributed by atoms with E-state index in [2.05, 4.69) is 54.9 Å². The zero-order chi connectivity index (χ0) is 12.0. The number of aryl methyl sites for hydroxylation is 1. The van der Waals surface area contributed by atoms with Gasteiger partial charge in [-0.05, 0) is 42.9 Å². The summed E-state index contributed by atoms with van der Waals surface area (Å²) in [4.78, 5) is 0. The highest BCUT2D eigenvalue weighted by atomic mass is 79.9. The largest absolute Gasteiger partial charge is 0.493 e. The van der Waals surface area contributed by atoms with Gasteiger partial charge in [-0.2, -0.15) is 0 Å². The Morgan fingerprint density at radius 1 is 1.25 bits per heavy atom. The molecule has 1 aromatic carbocycles. The summed E-state index contributed by atoms with van der Waals surface area (Å²) in [5.74, 6) is 1.60. The van der Waals surface area contributed by atoms with Gasteiger partial charge in [-0.25, -0.2) is 0 Å². The highest BCUT2D eigenvalue weighted by Crippen LogP contribution is 2.24. The Hall–Kier alpha value is -0.500. The first-order valence-corrected chi connectivity index (χ1v) is 7.06. The highest BCUT2D eigenvalue weighted by molar-refractivity contribution is 9.09. The SMILES string of the molecule is Cc1ccc(C(C)C)cc1OCCCCBr. The van der Waals surface area contributed by atoms with Crippen LogP contribution in [0, 0.1) is 6.92 Å². The molecule has 16 heavy (non-hydrogen) atoms. The molecule has 0 amide bonds. The van der Waals surface area contributed by atoms with E-state index in [0.717, 1.165) is 24.1 Å². The molecule has 0 aliphatic carbocycles. The number of hydrogen-bond acceptors (Lipinski definition) is 1. The summed E-state index contributed by atoms with van der Waals surface area (Å²) in [6.45, 7) is 7.33. The number of rotatable bonds is 6. The van der Waals surface area contributed by atoms with E-state index >= 15 is 0 Å². The molecule has 0 fully saturated rings. The van der Waals surface area contributed by atoms with E-state index in [-0.39, 0.29) is 0 Å². The Morgan fingerprint density at radius 2 is 2.00 bits per heavy atom. The lowest BCUT2D eigenvalue weighted by Gasteiger charge is -2.12. The van der Waals surface area contributed by atoms with Crippen molar-refractivity contribution in [2.75, 3.05) is 11.9 Å². The van der Waals surface area contributed by atoms with Gasteiger partial charge >= 0.3 is 0 Å². The van der Waals surface area contributed by atoms with Gasteiger partial charge in [0.25, 0.3) is 0 Å². The number of benzene rings is 1. The molecule has 90 valence electrons. The summed E-state index contributed by atoms with van der Waals surface area (Å²) in [6, 6.07) is 6.51. The fourth-order valence-corrected chi connectivity index (χ4v) is 1.91. The Balaban J connectivity index is 2.60. The molecule has 0 saturated carbocycles. The molecular formula is C14H21BrO. The predicted molar refractivity (Wildman–Crippen MR) is 73.8 cm³/mol. The van der Waals surface area contributed by atoms with Crippen molar-refractivity contribution in [2.45, 2.75) is 39.5 Å². The Bertz CT molecular complexity index is 321. The molecule has 1 nitrogen and oxygen atoms in total. The first kappa shape index (κ1) is 13.6. The van der Waals surface area contributed by atoms with Crippen LogP contribution in [0.1, 0.15) is 43.7 Å². The maximum absolute atomic E-state index is 5.81. The minimum Gasteiger partial charge on any atom is -0.493 e. The summed E-state index contributed by atoms with van der Waals surface area (Å²) < 4.78 is 5.81. The Morgan fingerprint density at radius 3 is 2.62 bits per heavy atom. The van der Waals surface area contributed by atoms with Crippen LogP contribution in [0.15, 0.2) is 18.2 Å². The molecule has 1 aromatic rings. The third kappa shape index (κ3) is 4.17. The standard InChI is InChI=1S/C14H21BrO/c1-11(2)13-7-6-12(3)14(10-13)16-9-5-4-8-15/h6-7,10-11H,4-5,8-9H2,1-3H3. The molecule has 0 aromatic heterocycles. The number of alkyl halides is 1. The van der Waals surface area contributed by atoms with Crippen LogP contribution >= 0.6 is 15.9 Å². The van der Waals surface area contributed by atoms with Crippen molar-refractivity contribution in [3.05, 3.63) is 29.3 Å². The fourth-order valence-electron chi connectivity index (χ4n) is 1.51.